The number of hydrogen-bond acceptors (Lipinski definition) is 4. The van der Waals surface area contributed by atoms with Crippen molar-refractivity contribution in [3.05, 3.63) is 18.2 Å². The van der Waals surface area contributed by atoms with Crippen molar-refractivity contribution in [2.45, 2.75) is 30.6 Å². The van der Waals surface area contributed by atoms with E-state index in [9.17, 15) is 8.42 Å². The van der Waals surface area contributed by atoms with Crippen LogP contribution in [0.15, 0.2) is 23.1 Å². The molecule has 20 heavy (non-hydrogen) atoms. The van der Waals surface area contributed by atoms with Crippen LogP contribution in [0, 0.1) is 5.92 Å². The zero-order valence-electron chi connectivity index (χ0n) is 11.9. The summed E-state index contributed by atoms with van der Waals surface area (Å²) in [6.45, 7) is 0.511. The second-order valence-corrected chi connectivity index (χ2v) is 6.79. The van der Waals surface area contributed by atoms with E-state index in [-0.39, 0.29) is 4.90 Å². The van der Waals surface area contributed by atoms with Gasteiger partial charge in [-0.15, -0.1) is 0 Å². The molecule has 1 aliphatic rings. The van der Waals surface area contributed by atoms with Gasteiger partial charge in [-0.05, 0) is 30.9 Å². The zero-order valence-corrected chi connectivity index (χ0v) is 12.7. The molecule has 1 saturated carbocycles. The molecule has 1 N–H and O–H groups in total. The van der Waals surface area contributed by atoms with Crippen LogP contribution in [0.4, 0.5) is 0 Å². The van der Waals surface area contributed by atoms with Crippen molar-refractivity contribution >= 4 is 10.0 Å². The number of rotatable bonds is 6. The number of benzene rings is 1. The van der Waals surface area contributed by atoms with E-state index >= 15 is 0 Å². The minimum absolute atomic E-state index is 0.202. The van der Waals surface area contributed by atoms with Crippen molar-refractivity contribution in [2.24, 2.45) is 5.92 Å². The second-order valence-electron chi connectivity index (χ2n) is 5.02. The second kappa shape index (κ2) is 6.45. The normalized spacial score (nSPS) is 16.3. The fourth-order valence-electron chi connectivity index (χ4n) is 2.51. The lowest BCUT2D eigenvalue weighted by molar-refractivity contribution is 0.354. The van der Waals surface area contributed by atoms with Crippen molar-refractivity contribution in [1.82, 2.24) is 4.72 Å². The summed E-state index contributed by atoms with van der Waals surface area (Å²) in [7, 11) is -0.486. The summed E-state index contributed by atoms with van der Waals surface area (Å²) in [6, 6.07) is 4.61. The largest absolute Gasteiger partial charge is 0.493 e. The Balaban J connectivity index is 2.11. The first-order valence-electron chi connectivity index (χ1n) is 6.78. The highest BCUT2D eigenvalue weighted by atomic mass is 32.2. The van der Waals surface area contributed by atoms with Crippen LogP contribution < -0.4 is 14.2 Å². The highest BCUT2D eigenvalue weighted by molar-refractivity contribution is 7.89. The molecule has 0 heterocycles. The average molecular weight is 299 g/mol. The van der Waals surface area contributed by atoms with Crippen molar-refractivity contribution in [3.63, 3.8) is 0 Å². The van der Waals surface area contributed by atoms with Gasteiger partial charge in [0.2, 0.25) is 10.0 Å². The predicted octanol–water partition coefficient (Wildman–Crippen LogP) is 2.17. The van der Waals surface area contributed by atoms with E-state index in [1.807, 2.05) is 0 Å². The van der Waals surface area contributed by atoms with Gasteiger partial charge in [-0.25, -0.2) is 13.1 Å². The molecule has 1 fully saturated rings. The van der Waals surface area contributed by atoms with Crippen LogP contribution in [0.1, 0.15) is 25.7 Å². The van der Waals surface area contributed by atoms with E-state index in [2.05, 4.69) is 4.72 Å². The highest BCUT2D eigenvalue weighted by Crippen LogP contribution is 2.29. The van der Waals surface area contributed by atoms with Crippen molar-refractivity contribution in [2.75, 3.05) is 20.8 Å². The Morgan fingerprint density at radius 2 is 1.80 bits per heavy atom. The molecule has 1 aliphatic carbocycles. The lowest BCUT2D eigenvalue weighted by Gasteiger charge is -2.13. The molecule has 2 rings (SSSR count). The van der Waals surface area contributed by atoms with Crippen LogP contribution in [0.3, 0.4) is 0 Å². The maximum absolute atomic E-state index is 12.2. The van der Waals surface area contributed by atoms with Gasteiger partial charge in [-0.2, -0.15) is 0 Å². The van der Waals surface area contributed by atoms with Crippen molar-refractivity contribution in [1.29, 1.82) is 0 Å². The summed E-state index contributed by atoms with van der Waals surface area (Å²) in [5.41, 5.74) is 0. The van der Waals surface area contributed by atoms with Gasteiger partial charge in [0.05, 0.1) is 19.1 Å². The molecular formula is C14H21NO4S. The summed E-state index contributed by atoms with van der Waals surface area (Å²) in [5, 5.41) is 0. The van der Waals surface area contributed by atoms with Crippen LogP contribution >= 0.6 is 0 Å². The quantitative estimate of drug-likeness (QED) is 0.874. The molecular weight excluding hydrogens is 278 g/mol. The molecule has 0 atom stereocenters. The Labute approximate surface area is 120 Å². The minimum Gasteiger partial charge on any atom is -0.493 e. The Morgan fingerprint density at radius 1 is 1.15 bits per heavy atom. The zero-order chi connectivity index (χ0) is 14.6. The molecule has 0 radical (unpaired) electrons. The van der Waals surface area contributed by atoms with Crippen molar-refractivity contribution < 1.29 is 17.9 Å². The van der Waals surface area contributed by atoms with Gasteiger partial charge >= 0.3 is 0 Å². The average Bonchev–Trinajstić information content (AvgIpc) is 2.97. The van der Waals surface area contributed by atoms with Crippen LogP contribution in [0.2, 0.25) is 0 Å². The molecule has 0 bridgehead atoms. The Hall–Kier alpha value is -1.27. The van der Waals surface area contributed by atoms with Gasteiger partial charge in [0.1, 0.15) is 0 Å². The van der Waals surface area contributed by atoms with Gasteiger partial charge in [0.15, 0.2) is 11.5 Å². The van der Waals surface area contributed by atoms with Crippen LogP contribution in [-0.2, 0) is 10.0 Å². The monoisotopic (exact) mass is 299 g/mol. The van der Waals surface area contributed by atoms with Gasteiger partial charge in [-0.3, -0.25) is 0 Å². The molecule has 0 saturated heterocycles. The van der Waals surface area contributed by atoms with Gasteiger partial charge in [0.25, 0.3) is 0 Å². The molecule has 0 aliphatic heterocycles. The summed E-state index contributed by atoms with van der Waals surface area (Å²) in [4.78, 5) is 0.202. The number of sulfonamides is 1. The third-order valence-electron chi connectivity index (χ3n) is 3.70. The molecule has 1 aromatic carbocycles. The topological polar surface area (TPSA) is 64.6 Å². The molecule has 1 aromatic rings. The molecule has 0 amide bonds. The summed E-state index contributed by atoms with van der Waals surface area (Å²) in [6.07, 6.45) is 4.61. The fourth-order valence-corrected chi connectivity index (χ4v) is 3.64. The molecule has 112 valence electrons. The van der Waals surface area contributed by atoms with Gasteiger partial charge < -0.3 is 9.47 Å². The maximum Gasteiger partial charge on any atom is 0.240 e. The first-order valence-corrected chi connectivity index (χ1v) is 8.27. The minimum atomic E-state index is -3.49. The summed E-state index contributed by atoms with van der Waals surface area (Å²) < 4.78 is 37.4. The molecule has 5 nitrogen and oxygen atoms in total. The van der Waals surface area contributed by atoms with E-state index in [1.165, 1.54) is 39.2 Å². The predicted molar refractivity (Wildman–Crippen MR) is 76.7 cm³/mol. The molecule has 0 unspecified atom stereocenters. The van der Waals surface area contributed by atoms with Gasteiger partial charge in [0, 0.05) is 12.6 Å². The Morgan fingerprint density at radius 3 is 2.40 bits per heavy atom. The van der Waals surface area contributed by atoms with Crippen molar-refractivity contribution in [3.8, 4) is 11.5 Å². The number of hydrogen-bond donors (Lipinski definition) is 1. The summed E-state index contributed by atoms with van der Waals surface area (Å²) >= 11 is 0. The van der Waals surface area contributed by atoms with Gasteiger partial charge in [-0.1, -0.05) is 12.8 Å². The van der Waals surface area contributed by atoms with Crippen LogP contribution in [0.25, 0.3) is 0 Å². The fraction of sp³-hybridized carbons (Fsp3) is 0.571. The van der Waals surface area contributed by atoms with E-state index < -0.39 is 10.0 Å². The molecule has 0 aromatic heterocycles. The highest BCUT2D eigenvalue weighted by Gasteiger charge is 2.20. The third-order valence-corrected chi connectivity index (χ3v) is 5.12. The number of methoxy groups -OCH3 is 2. The van der Waals surface area contributed by atoms with E-state index in [0.29, 0.717) is 24.0 Å². The SMILES string of the molecule is COc1ccc(S(=O)(=O)NCC2CCCC2)cc1OC. The van der Waals surface area contributed by atoms with E-state index in [1.54, 1.807) is 6.07 Å². The lowest BCUT2D eigenvalue weighted by atomic mass is 10.1. The number of nitrogens with one attached hydrogen (secondary N) is 1. The van der Waals surface area contributed by atoms with Crippen LogP contribution in [-0.4, -0.2) is 29.2 Å². The first-order chi connectivity index (χ1) is 9.56. The summed E-state index contributed by atoms with van der Waals surface area (Å²) in [5.74, 6) is 1.39. The van der Waals surface area contributed by atoms with E-state index in [0.717, 1.165) is 12.8 Å². The maximum atomic E-state index is 12.2. The first kappa shape index (κ1) is 15.1. The molecule has 6 heteroatoms. The third kappa shape index (κ3) is 3.43. The Bertz CT molecular complexity index is 550. The van der Waals surface area contributed by atoms with Crippen LogP contribution in [0.5, 0.6) is 11.5 Å². The lowest BCUT2D eigenvalue weighted by Crippen LogP contribution is -2.28. The standard InChI is InChI=1S/C14H21NO4S/c1-18-13-8-7-12(9-14(13)19-2)20(16,17)15-10-11-5-3-4-6-11/h7-9,11,15H,3-6,10H2,1-2H3. The molecule has 0 spiro atoms. The smallest absolute Gasteiger partial charge is 0.240 e. The Kier molecular flexibility index (Phi) is 4.88. The van der Waals surface area contributed by atoms with E-state index in [4.69, 9.17) is 9.47 Å². The number of ether oxygens (including phenoxy) is 2.